The van der Waals surface area contributed by atoms with Crippen molar-refractivity contribution in [1.29, 1.82) is 0 Å². The topological polar surface area (TPSA) is 70.2 Å². The lowest BCUT2D eigenvalue weighted by Gasteiger charge is -2.08. The third-order valence-electron chi connectivity index (χ3n) is 3.42. The van der Waals surface area contributed by atoms with Gasteiger partial charge in [0.1, 0.15) is 0 Å². The highest BCUT2D eigenvalue weighted by Crippen LogP contribution is 2.20. The van der Waals surface area contributed by atoms with E-state index in [1.165, 1.54) is 0 Å². The molecule has 0 unspecified atom stereocenters. The van der Waals surface area contributed by atoms with E-state index >= 15 is 0 Å². The van der Waals surface area contributed by atoms with Crippen LogP contribution in [0.1, 0.15) is 23.2 Å². The van der Waals surface area contributed by atoms with Crippen molar-refractivity contribution in [3.63, 3.8) is 0 Å². The van der Waals surface area contributed by atoms with Crippen LogP contribution in [0.25, 0.3) is 0 Å². The van der Waals surface area contributed by atoms with Crippen LogP contribution in [0.5, 0.6) is 0 Å². The van der Waals surface area contributed by atoms with Gasteiger partial charge in [-0.05, 0) is 61.4 Å². The molecule has 2 aromatic rings. The van der Waals surface area contributed by atoms with E-state index in [0.717, 1.165) is 12.8 Å². The molecule has 23 heavy (non-hydrogen) atoms. The molecule has 6 heteroatoms. The first-order chi connectivity index (χ1) is 11.1. The average molecular weight is 330 g/mol. The second kappa shape index (κ2) is 6.71. The summed E-state index contributed by atoms with van der Waals surface area (Å²) >= 11 is 5.79. The number of benzene rings is 2. The highest BCUT2D eigenvalue weighted by atomic mass is 35.5. The van der Waals surface area contributed by atoms with E-state index in [2.05, 4.69) is 16.0 Å². The van der Waals surface area contributed by atoms with Crippen LogP contribution in [0.15, 0.2) is 48.5 Å². The third-order valence-corrected chi connectivity index (χ3v) is 3.67. The van der Waals surface area contributed by atoms with Crippen LogP contribution in [0.3, 0.4) is 0 Å². The number of amides is 3. The zero-order valence-corrected chi connectivity index (χ0v) is 13.1. The van der Waals surface area contributed by atoms with Crippen LogP contribution in [-0.4, -0.2) is 18.0 Å². The summed E-state index contributed by atoms with van der Waals surface area (Å²) < 4.78 is 0. The number of urea groups is 1. The lowest BCUT2D eigenvalue weighted by molar-refractivity contribution is 0.0951. The fourth-order valence-corrected chi connectivity index (χ4v) is 2.15. The van der Waals surface area contributed by atoms with Crippen LogP contribution in [0, 0.1) is 0 Å². The van der Waals surface area contributed by atoms with E-state index in [-0.39, 0.29) is 11.9 Å². The predicted molar refractivity (Wildman–Crippen MR) is 91.0 cm³/mol. The number of hydrogen-bond donors (Lipinski definition) is 3. The smallest absolute Gasteiger partial charge is 0.323 e. The predicted octanol–water partition coefficient (Wildman–Crippen LogP) is 3.88. The van der Waals surface area contributed by atoms with Crippen molar-refractivity contribution < 1.29 is 9.59 Å². The van der Waals surface area contributed by atoms with Crippen LogP contribution >= 0.6 is 11.6 Å². The lowest BCUT2D eigenvalue weighted by atomic mass is 10.2. The van der Waals surface area contributed by atoms with E-state index in [4.69, 9.17) is 11.6 Å². The van der Waals surface area contributed by atoms with Crippen molar-refractivity contribution in [1.82, 2.24) is 5.32 Å². The summed E-state index contributed by atoms with van der Waals surface area (Å²) in [5.74, 6) is -0.0790. The first-order valence-electron chi connectivity index (χ1n) is 7.35. The van der Waals surface area contributed by atoms with E-state index in [1.807, 2.05) is 0 Å². The van der Waals surface area contributed by atoms with Gasteiger partial charge in [0.15, 0.2) is 0 Å². The van der Waals surface area contributed by atoms with E-state index in [9.17, 15) is 9.59 Å². The molecule has 2 aromatic carbocycles. The molecule has 118 valence electrons. The van der Waals surface area contributed by atoms with E-state index < -0.39 is 0 Å². The average Bonchev–Trinajstić information content (AvgIpc) is 3.34. The molecule has 0 aromatic heterocycles. The number of hydrogen-bond acceptors (Lipinski definition) is 2. The van der Waals surface area contributed by atoms with Crippen molar-refractivity contribution in [2.24, 2.45) is 0 Å². The molecular weight excluding hydrogens is 314 g/mol. The van der Waals surface area contributed by atoms with E-state index in [0.29, 0.717) is 28.0 Å². The van der Waals surface area contributed by atoms with Gasteiger partial charge in [0.2, 0.25) is 0 Å². The number of carbonyl (C=O) groups is 2. The molecule has 1 fully saturated rings. The fourth-order valence-electron chi connectivity index (χ4n) is 2.03. The second-order valence-corrected chi connectivity index (χ2v) is 5.85. The lowest BCUT2D eigenvalue weighted by Crippen LogP contribution is -2.25. The highest BCUT2D eigenvalue weighted by Gasteiger charge is 2.23. The molecule has 3 rings (SSSR count). The standard InChI is InChI=1S/C17H16ClN3O2/c18-12-3-7-15(8-4-12)21-17(23)20-14-5-1-11(2-6-14)16(22)19-13-9-10-13/h1-8,13H,9-10H2,(H,19,22)(H2,20,21,23). The van der Waals surface area contributed by atoms with Gasteiger partial charge in [-0.15, -0.1) is 0 Å². The molecule has 0 atom stereocenters. The minimum absolute atomic E-state index is 0.0790. The van der Waals surface area contributed by atoms with Crippen LogP contribution in [-0.2, 0) is 0 Å². The molecule has 1 saturated carbocycles. The van der Waals surface area contributed by atoms with Gasteiger partial charge in [0.25, 0.3) is 5.91 Å². The summed E-state index contributed by atoms with van der Waals surface area (Å²) in [6.45, 7) is 0. The van der Waals surface area contributed by atoms with Gasteiger partial charge in [-0.1, -0.05) is 11.6 Å². The molecule has 0 radical (unpaired) electrons. The van der Waals surface area contributed by atoms with Gasteiger partial charge in [-0.3, -0.25) is 4.79 Å². The molecular formula is C17H16ClN3O2. The Morgan fingerprint density at radius 1 is 0.870 bits per heavy atom. The summed E-state index contributed by atoms with van der Waals surface area (Å²) in [4.78, 5) is 23.8. The Morgan fingerprint density at radius 2 is 1.39 bits per heavy atom. The Morgan fingerprint density at radius 3 is 1.91 bits per heavy atom. The molecule has 1 aliphatic carbocycles. The number of halogens is 1. The van der Waals surface area contributed by atoms with E-state index in [1.54, 1.807) is 48.5 Å². The molecule has 0 spiro atoms. The maximum Gasteiger partial charge on any atom is 0.323 e. The second-order valence-electron chi connectivity index (χ2n) is 5.41. The molecule has 0 heterocycles. The fraction of sp³-hybridized carbons (Fsp3) is 0.176. The van der Waals surface area contributed by atoms with Crippen molar-refractivity contribution >= 4 is 34.9 Å². The Kier molecular flexibility index (Phi) is 4.48. The van der Waals surface area contributed by atoms with Gasteiger partial charge in [0, 0.05) is 28.0 Å². The van der Waals surface area contributed by atoms with Crippen LogP contribution in [0.2, 0.25) is 5.02 Å². The van der Waals surface area contributed by atoms with Crippen LogP contribution < -0.4 is 16.0 Å². The molecule has 1 aliphatic rings. The maximum absolute atomic E-state index is 11.9. The summed E-state index contributed by atoms with van der Waals surface area (Å²) in [5.41, 5.74) is 1.84. The highest BCUT2D eigenvalue weighted by molar-refractivity contribution is 6.30. The third kappa shape index (κ3) is 4.47. The first-order valence-corrected chi connectivity index (χ1v) is 7.72. The molecule has 5 nitrogen and oxygen atoms in total. The summed E-state index contributed by atoms with van der Waals surface area (Å²) in [6.07, 6.45) is 2.10. The van der Waals surface area contributed by atoms with Crippen molar-refractivity contribution in [3.8, 4) is 0 Å². The Hall–Kier alpha value is -2.53. The molecule has 0 aliphatic heterocycles. The summed E-state index contributed by atoms with van der Waals surface area (Å²) in [7, 11) is 0. The minimum atomic E-state index is -0.359. The van der Waals surface area contributed by atoms with Gasteiger partial charge < -0.3 is 16.0 Å². The Bertz CT molecular complexity index is 710. The molecule has 3 amide bonds. The van der Waals surface area contributed by atoms with Crippen molar-refractivity contribution in [2.45, 2.75) is 18.9 Å². The van der Waals surface area contributed by atoms with Gasteiger partial charge >= 0.3 is 6.03 Å². The monoisotopic (exact) mass is 329 g/mol. The quantitative estimate of drug-likeness (QED) is 0.796. The van der Waals surface area contributed by atoms with Gasteiger partial charge in [0.05, 0.1) is 0 Å². The molecule has 3 N–H and O–H groups in total. The Labute approximate surface area is 139 Å². The summed E-state index contributed by atoms with van der Waals surface area (Å²) in [5, 5.41) is 8.94. The number of nitrogens with one attached hydrogen (secondary N) is 3. The van der Waals surface area contributed by atoms with Gasteiger partial charge in [-0.2, -0.15) is 0 Å². The molecule has 0 saturated heterocycles. The SMILES string of the molecule is O=C(Nc1ccc(Cl)cc1)Nc1ccc(C(=O)NC2CC2)cc1. The largest absolute Gasteiger partial charge is 0.349 e. The van der Waals surface area contributed by atoms with Crippen LogP contribution in [0.4, 0.5) is 16.2 Å². The van der Waals surface area contributed by atoms with Crippen molar-refractivity contribution in [3.05, 3.63) is 59.1 Å². The Balaban J connectivity index is 1.55. The normalized spacial score (nSPS) is 13.3. The van der Waals surface area contributed by atoms with Gasteiger partial charge in [-0.25, -0.2) is 4.79 Å². The number of carbonyl (C=O) groups excluding carboxylic acids is 2. The molecule has 0 bridgehead atoms. The van der Waals surface area contributed by atoms with Crippen molar-refractivity contribution in [2.75, 3.05) is 10.6 Å². The number of rotatable bonds is 4. The number of anilines is 2. The maximum atomic E-state index is 11.9. The zero-order valence-electron chi connectivity index (χ0n) is 12.3. The summed E-state index contributed by atoms with van der Waals surface area (Å²) in [6, 6.07) is 13.6. The zero-order chi connectivity index (χ0) is 16.2. The minimum Gasteiger partial charge on any atom is -0.349 e. The first kappa shape index (κ1) is 15.4.